The van der Waals surface area contributed by atoms with Gasteiger partial charge in [-0.25, -0.2) is 19.9 Å². The third kappa shape index (κ3) is 8.46. The van der Waals surface area contributed by atoms with Crippen LogP contribution in [-0.4, -0.2) is 55.2 Å². The van der Waals surface area contributed by atoms with Gasteiger partial charge in [0.1, 0.15) is 28.0 Å². The van der Waals surface area contributed by atoms with E-state index >= 15 is 0 Å². The molecule has 0 spiro atoms. The molecule has 0 aliphatic heterocycles. The maximum Gasteiger partial charge on any atom is 1.00 e. The minimum atomic E-state index is -1.11. The molecule has 6 N–H and O–H groups in total. The molecule has 0 amide bonds. The first-order valence-corrected chi connectivity index (χ1v) is 13.0. The van der Waals surface area contributed by atoms with Crippen molar-refractivity contribution in [1.29, 1.82) is 0 Å². The molecule has 0 aliphatic rings. The van der Waals surface area contributed by atoms with Crippen molar-refractivity contribution in [2.75, 3.05) is 11.5 Å². The van der Waals surface area contributed by atoms with E-state index in [2.05, 4.69) is 47.7 Å². The minimum Gasteiger partial charge on any atom is -0.870 e. The van der Waals surface area contributed by atoms with Gasteiger partial charge >= 0.3 is 51.4 Å². The molecule has 44 heavy (non-hydrogen) atoms. The van der Waals surface area contributed by atoms with E-state index in [1.165, 1.54) is 0 Å². The van der Waals surface area contributed by atoms with Crippen LogP contribution in [0.1, 0.15) is 36.4 Å². The third-order valence-corrected chi connectivity index (χ3v) is 5.98. The van der Waals surface area contributed by atoms with Gasteiger partial charge in [0.25, 0.3) is 0 Å². The van der Waals surface area contributed by atoms with Crippen molar-refractivity contribution in [3.8, 4) is 24.2 Å². The average Bonchev–Trinajstić information content (AvgIpc) is 3.56. The van der Waals surface area contributed by atoms with E-state index in [-0.39, 0.29) is 68.8 Å². The summed E-state index contributed by atoms with van der Waals surface area (Å²) < 4.78 is 3.81. The summed E-state index contributed by atoms with van der Waals surface area (Å²) >= 11 is 0. The Kier molecular flexibility index (Phi) is 11.7. The molecule has 12 nitrogen and oxygen atoms in total. The Labute approximate surface area is 296 Å². The molecule has 13 heteroatoms. The van der Waals surface area contributed by atoms with Crippen LogP contribution in [-0.2, 0) is 13.1 Å². The molecule has 6 aromatic rings. The van der Waals surface area contributed by atoms with Crippen LogP contribution in [0.15, 0.2) is 73.3 Å². The molecule has 0 saturated heterocycles. The van der Waals surface area contributed by atoms with E-state index in [0.29, 0.717) is 46.8 Å². The number of nitrogens with two attached hydrogens (primary N) is 2. The summed E-state index contributed by atoms with van der Waals surface area (Å²) in [6.45, 7) is 4.51. The molecule has 6 rings (SSSR count). The summed E-state index contributed by atoms with van der Waals surface area (Å²) in [5.41, 5.74) is 15.9. The van der Waals surface area contributed by atoms with Gasteiger partial charge in [0.15, 0.2) is 11.3 Å². The summed E-state index contributed by atoms with van der Waals surface area (Å²) in [6.07, 6.45) is 8.80. The van der Waals surface area contributed by atoms with Crippen LogP contribution < -0.4 is 62.9 Å². The Morgan fingerprint density at radius 2 is 1.18 bits per heavy atom. The Balaban J connectivity index is 0.000000234. The zero-order chi connectivity index (χ0) is 29.7. The van der Waals surface area contributed by atoms with Crippen molar-refractivity contribution in [3.63, 3.8) is 0 Å². The number of imidazole rings is 2. The fraction of sp³-hybridized carbons (Fsp3) is 0.161. The van der Waals surface area contributed by atoms with Crippen LogP contribution in [0.3, 0.4) is 0 Å². The number of nitrogens with zero attached hydrogens (tertiary/aromatic N) is 8. The fourth-order valence-electron chi connectivity index (χ4n) is 4.11. The van der Waals surface area contributed by atoms with Crippen LogP contribution >= 0.6 is 0 Å². The molecule has 0 saturated carbocycles. The van der Waals surface area contributed by atoms with Gasteiger partial charge in [-0.15, -0.1) is 6.42 Å². The molecule has 216 valence electrons. The Morgan fingerprint density at radius 1 is 0.750 bits per heavy atom. The number of benzene rings is 2. The molecule has 0 bridgehead atoms. The monoisotopic (exact) mass is 612 g/mol. The summed E-state index contributed by atoms with van der Waals surface area (Å²) in [6, 6.07) is 20.0. The van der Waals surface area contributed by atoms with Gasteiger partial charge in [-0.3, -0.25) is 0 Å². The number of nitrogen functional groups attached to an aromatic ring is 2. The second kappa shape index (κ2) is 15.0. The van der Waals surface area contributed by atoms with Gasteiger partial charge in [0, 0.05) is 0 Å². The van der Waals surface area contributed by atoms with Gasteiger partial charge in [0.05, 0.1) is 25.7 Å². The predicted octanol–water partition coefficient (Wildman–Crippen LogP) is -0.155. The van der Waals surface area contributed by atoms with Crippen molar-refractivity contribution in [1.82, 2.24) is 39.0 Å². The predicted molar refractivity (Wildman–Crippen MR) is 164 cm³/mol. The smallest absolute Gasteiger partial charge is 0.870 e. The number of rotatable bonds is 4. The number of aromatic nitrogens is 8. The molecule has 0 fully saturated rings. The number of hydrogen-bond donors (Lipinski definition) is 3. The maximum atomic E-state index is 9.75. The third-order valence-electron chi connectivity index (χ3n) is 5.98. The van der Waals surface area contributed by atoms with Crippen molar-refractivity contribution < 1.29 is 62.0 Å². The maximum absolute atomic E-state index is 9.75. The second-order valence-corrected chi connectivity index (χ2v) is 9.87. The fourth-order valence-corrected chi connectivity index (χ4v) is 4.11. The normalized spacial score (nSPS) is 10.4. The van der Waals surface area contributed by atoms with Gasteiger partial charge in [-0.2, -0.15) is 9.97 Å². The minimum absolute atomic E-state index is 0. The van der Waals surface area contributed by atoms with E-state index in [0.717, 1.165) is 11.1 Å². The first-order valence-electron chi connectivity index (χ1n) is 13.0. The molecule has 4 aromatic heterocycles. The van der Waals surface area contributed by atoms with Gasteiger partial charge in [-0.05, 0) is 36.8 Å². The molecule has 2 aromatic carbocycles. The largest absolute Gasteiger partial charge is 1.00 e. The van der Waals surface area contributed by atoms with Gasteiger partial charge in [0.2, 0.25) is 11.9 Å². The van der Waals surface area contributed by atoms with Crippen LogP contribution in [0.4, 0.5) is 11.9 Å². The SMILES string of the molecule is C#Cc1nc(N)nc2c1ncn2Cc1ccccc1.CC(C)(O)C#Cc1nc(N)nc2c1ncn2Cc1ccccc1.[K+].[OH-]. The van der Waals surface area contributed by atoms with Gasteiger partial charge in [-0.1, -0.05) is 66.6 Å². The molecule has 0 aliphatic carbocycles. The molecule has 0 radical (unpaired) electrons. The first-order chi connectivity index (χ1) is 20.2. The Morgan fingerprint density at radius 3 is 1.61 bits per heavy atom. The van der Waals surface area contributed by atoms with Gasteiger partial charge < -0.3 is 31.2 Å². The Hall–Kier alpha value is -4.18. The van der Waals surface area contributed by atoms with Crippen LogP contribution in [0.2, 0.25) is 0 Å². The molecular weight excluding hydrogens is 584 g/mol. The molecular formula is C31H29KN10O2. The molecule has 0 unspecified atom stereocenters. The van der Waals surface area contributed by atoms with Crippen molar-refractivity contribution in [2.24, 2.45) is 0 Å². The number of fused-ring (bicyclic) bond motifs is 2. The first kappa shape index (κ1) is 34.3. The van der Waals surface area contributed by atoms with E-state index in [1.807, 2.05) is 69.8 Å². The summed E-state index contributed by atoms with van der Waals surface area (Å²) in [4.78, 5) is 25.2. The van der Waals surface area contributed by atoms with Crippen LogP contribution in [0.5, 0.6) is 0 Å². The van der Waals surface area contributed by atoms with E-state index in [4.69, 9.17) is 17.9 Å². The quantitative estimate of drug-likeness (QED) is 0.178. The summed E-state index contributed by atoms with van der Waals surface area (Å²) in [5, 5.41) is 9.75. The Bertz CT molecular complexity index is 1970. The average molecular weight is 613 g/mol. The van der Waals surface area contributed by atoms with Crippen LogP contribution in [0.25, 0.3) is 22.3 Å². The molecule has 4 heterocycles. The number of hydrogen-bond acceptors (Lipinski definition) is 10. The zero-order valence-electron chi connectivity index (χ0n) is 24.5. The summed E-state index contributed by atoms with van der Waals surface area (Å²) in [7, 11) is 0. The summed E-state index contributed by atoms with van der Waals surface area (Å²) in [5.74, 6) is 8.34. The zero-order valence-corrected chi connectivity index (χ0v) is 27.7. The van der Waals surface area contributed by atoms with Crippen LogP contribution in [0, 0.1) is 24.2 Å². The topological polar surface area (TPSA) is 189 Å². The van der Waals surface area contributed by atoms with E-state index in [1.54, 1.807) is 26.5 Å². The van der Waals surface area contributed by atoms with E-state index < -0.39 is 5.60 Å². The van der Waals surface area contributed by atoms with Crippen molar-refractivity contribution in [2.45, 2.75) is 32.5 Å². The number of anilines is 2. The van der Waals surface area contributed by atoms with Crippen molar-refractivity contribution >= 4 is 34.2 Å². The van der Waals surface area contributed by atoms with Crippen molar-refractivity contribution in [3.05, 3.63) is 95.8 Å². The van der Waals surface area contributed by atoms with E-state index in [9.17, 15) is 5.11 Å². The number of aliphatic hydroxyl groups is 1. The molecule has 0 atom stereocenters. The standard InChI is InChI=1S/C17H17N5O.C14H11N5.K.H2O/c1-17(2,23)9-8-13-14-15(21-16(18)20-13)22(11-19-14)10-12-6-4-3-5-7-12;1-2-11-12-13(18-14(15)17-11)19(9-16-12)8-10-6-4-3-5-7-10;;/h3-7,11,23H,10H2,1-2H3,(H2,18,20,21);1,3-7,9H,8H2,(H2,15,17,18);;1H2/q;;+1;/p-1. The second-order valence-electron chi connectivity index (χ2n) is 9.87. The number of terminal acetylenes is 1.